The van der Waals surface area contributed by atoms with Gasteiger partial charge in [-0.05, 0) is 25.8 Å². The zero-order chi connectivity index (χ0) is 14.3. The standard InChI is InChI=1S/C14H15Cl2FN2O/c1-8(13-3-2-4-20-13)19-12-6-10(17)9(16)5-11(12)18-14(19)7-15/h5-6,8,13H,2-4,7H2,1H3. The van der Waals surface area contributed by atoms with Gasteiger partial charge in [0.25, 0.3) is 0 Å². The van der Waals surface area contributed by atoms with Crippen molar-refractivity contribution in [3.05, 3.63) is 28.8 Å². The van der Waals surface area contributed by atoms with Crippen LogP contribution in [0.25, 0.3) is 11.0 Å². The van der Waals surface area contributed by atoms with E-state index in [2.05, 4.69) is 11.9 Å². The van der Waals surface area contributed by atoms with Gasteiger partial charge < -0.3 is 9.30 Å². The first-order valence-electron chi connectivity index (χ1n) is 6.65. The Balaban J connectivity index is 2.13. The Morgan fingerprint density at radius 2 is 2.35 bits per heavy atom. The lowest BCUT2D eigenvalue weighted by molar-refractivity contribution is 0.0738. The van der Waals surface area contributed by atoms with E-state index in [0.29, 0.717) is 16.9 Å². The lowest BCUT2D eigenvalue weighted by Crippen LogP contribution is -2.22. The molecule has 1 aromatic carbocycles. The zero-order valence-corrected chi connectivity index (χ0v) is 12.6. The summed E-state index contributed by atoms with van der Waals surface area (Å²) in [6.07, 6.45) is 2.17. The third-order valence-corrected chi connectivity index (χ3v) is 4.36. The molecule has 0 N–H and O–H groups in total. The number of halogens is 3. The molecule has 0 bridgehead atoms. The number of hydrogen-bond acceptors (Lipinski definition) is 2. The van der Waals surface area contributed by atoms with Gasteiger partial charge in [0, 0.05) is 12.7 Å². The molecule has 1 aromatic heterocycles. The predicted octanol–water partition coefficient (Wildman–Crippen LogP) is 4.31. The average Bonchev–Trinajstić information content (AvgIpc) is 3.06. The van der Waals surface area contributed by atoms with Crippen molar-refractivity contribution in [3.8, 4) is 0 Å². The maximum Gasteiger partial charge on any atom is 0.144 e. The summed E-state index contributed by atoms with van der Waals surface area (Å²) in [5.74, 6) is 0.539. The summed E-state index contributed by atoms with van der Waals surface area (Å²) in [4.78, 5) is 4.45. The van der Waals surface area contributed by atoms with E-state index >= 15 is 0 Å². The first-order chi connectivity index (χ1) is 9.61. The fourth-order valence-corrected chi connectivity index (χ4v) is 3.18. The highest BCUT2D eigenvalue weighted by Crippen LogP contribution is 2.31. The molecule has 0 amide bonds. The van der Waals surface area contributed by atoms with Crippen molar-refractivity contribution in [1.82, 2.24) is 9.55 Å². The minimum atomic E-state index is -0.444. The number of rotatable bonds is 3. The van der Waals surface area contributed by atoms with E-state index < -0.39 is 5.82 Å². The number of fused-ring (bicyclic) bond motifs is 1. The summed E-state index contributed by atoms with van der Waals surface area (Å²) in [6, 6.07) is 3.03. The second-order valence-corrected chi connectivity index (χ2v) is 5.75. The summed E-state index contributed by atoms with van der Waals surface area (Å²) in [5, 5.41) is 0.0769. The monoisotopic (exact) mass is 316 g/mol. The Morgan fingerprint density at radius 3 is 3.00 bits per heavy atom. The van der Waals surface area contributed by atoms with Crippen molar-refractivity contribution < 1.29 is 9.13 Å². The molecule has 1 saturated heterocycles. The summed E-state index contributed by atoms with van der Waals surface area (Å²) in [6.45, 7) is 2.83. The number of alkyl halides is 1. The minimum Gasteiger partial charge on any atom is -0.376 e. The zero-order valence-electron chi connectivity index (χ0n) is 11.1. The molecule has 3 nitrogen and oxygen atoms in total. The molecule has 0 aliphatic carbocycles. The summed E-state index contributed by atoms with van der Waals surface area (Å²) >= 11 is 11.8. The highest BCUT2D eigenvalue weighted by Gasteiger charge is 2.27. The van der Waals surface area contributed by atoms with Crippen LogP contribution in [0.2, 0.25) is 5.02 Å². The van der Waals surface area contributed by atoms with Crippen molar-refractivity contribution in [2.45, 2.75) is 37.8 Å². The van der Waals surface area contributed by atoms with Gasteiger partial charge in [0.2, 0.25) is 0 Å². The van der Waals surface area contributed by atoms with Crippen molar-refractivity contribution in [1.29, 1.82) is 0 Å². The van der Waals surface area contributed by atoms with Gasteiger partial charge in [0.1, 0.15) is 11.6 Å². The first-order valence-corrected chi connectivity index (χ1v) is 7.56. The van der Waals surface area contributed by atoms with Crippen LogP contribution in [0.3, 0.4) is 0 Å². The number of imidazole rings is 1. The summed E-state index contributed by atoms with van der Waals surface area (Å²) in [5.41, 5.74) is 1.38. The highest BCUT2D eigenvalue weighted by atomic mass is 35.5. The topological polar surface area (TPSA) is 27.1 Å². The SMILES string of the molecule is CC(C1CCCO1)n1c(CCl)nc2cc(Cl)c(F)cc21. The number of hydrogen-bond donors (Lipinski definition) is 0. The number of aromatic nitrogens is 2. The molecule has 2 aromatic rings. The molecule has 0 spiro atoms. The summed E-state index contributed by atoms with van der Waals surface area (Å²) in [7, 11) is 0. The fourth-order valence-electron chi connectivity index (χ4n) is 2.84. The minimum absolute atomic E-state index is 0.0665. The van der Waals surface area contributed by atoms with Crippen molar-refractivity contribution in [2.24, 2.45) is 0 Å². The van der Waals surface area contributed by atoms with E-state index in [1.54, 1.807) is 6.07 Å². The molecule has 2 atom stereocenters. The molecule has 2 heterocycles. The Bertz CT molecular complexity index is 638. The van der Waals surface area contributed by atoms with Gasteiger partial charge in [-0.15, -0.1) is 11.6 Å². The molecular formula is C14H15Cl2FN2O. The van der Waals surface area contributed by atoms with Crippen molar-refractivity contribution >= 4 is 34.2 Å². The Morgan fingerprint density at radius 1 is 1.55 bits per heavy atom. The Hall–Kier alpha value is -0.840. The van der Waals surface area contributed by atoms with Crippen LogP contribution in [0.1, 0.15) is 31.6 Å². The van der Waals surface area contributed by atoms with Gasteiger partial charge in [-0.25, -0.2) is 9.37 Å². The molecule has 0 radical (unpaired) electrons. The largest absolute Gasteiger partial charge is 0.376 e. The van der Waals surface area contributed by atoms with Crippen LogP contribution >= 0.6 is 23.2 Å². The Kier molecular flexibility index (Phi) is 3.89. The Labute approximate surface area is 126 Å². The quantitative estimate of drug-likeness (QED) is 0.789. The molecule has 1 aliphatic heterocycles. The van der Waals surface area contributed by atoms with Crippen LogP contribution in [0.15, 0.2) is 12.1 Å². The lowest BCUT2D eigenvalue weighted by atomic mass is 10.1. The van der Waals surface area contributed by atoms with E-state index in [0.717, 1.165) is 19.4 Å². The van der Waals surface area contributed by atoms with Gasteiger partial charge in [-0.3, -0.25) is 0 Å². The molecule has 0 saturated carbocycles. The number of nitrogens with zero attached hydrogens (tertiary/aromatic N) is 2. The number of benzene rings is 1. The molecular weight excluding hydrogens is 302 g/mol. The van der Waals surface area contributed by atoms with Gasteiger partial charge in [-0.2, -0.15) is 0 Å². The molecule has 6 heteroatoms. The maximum absolute atomic E-state index is 13.7. The van der Waals surface area contributed by atoms with Crippen LogP contribution in [-0.2, 0) is 10.6 Å². The molecule has 1 aliphatic rings. The summed E-state index contributed by atoms with van der Waals surface area (Å²) < 4.78 is 21.4. The van der Waals surface area contributed by atoms with E-state index in [-0.39, 0.29) is 23.0 Å². The van der Waals surface area contributed by atoms with Crippen LogP contribution in [-0.4, -0.2) is 22.3 Å². The molecule has 3 rings (SSSR count). The van der Waals surface area contributed by atoms with Crippen LogP contribution in [0.4, 0.5) is 4.39 Å². The van der Waals surface area contributed by atoms with Crippen LogP contribution in [0.5, 0.6) is 0 Å². The van der Waals surface area contributed by atoms with E-state index in [1.165, 1.54) is 6.07 Å². The van der Waals surface area contributed by atoms with Crippen LogP contribution in [0, 0.1) is 5.82 Å². The predicted molar refractivity (Wildman–Crippen MR) is 77.9 cm³/mol. The second kappa shape index (κ2) is 5.51. The molecule has 2 unspecified atom stereocenters. The van der Waals surface area contributed by atoms with Gasteiger partial charge in [-0.1, -0.05) is 11.6 Å². The van der Waals surface area contributed by atoms with Gasteiger partial charge >= 0.3 is 0 Å². The van der Waals surface area contributed by atoms with E-state index in [9.17, 15) is 4.39 Å². The van der Waals surface area contributed by atoms with E-state index in [1.807, 2.05) is 4.57 Å². The van der Waals surface area contributed by atoms with Gasteiger partial charge in [0.05, 0.1) is 34.1 Å². The second-order valence-electron chi connectivity index (χ2n) is 5.08. The highest BCUT2D eigenvalue weighted by molar-refractivity contribution is 6.31. The smallest absolute Gasteiger partial charge is 0.144 e. The van der Waals surface area contributed by atoms with Crippen molar-refractivity contribution in [3.63, 3.8) is 0 Å². The number of ether oxygens (including phenoxy) is 1. The molecule has 108 valence electrons. The normalized spacial score (nSPS) is 20.7. The lowest BCUT2D eigenvalue weighted by Gasteiger charge is -2.22. The van der Waals surface area contributed by atoms with Crippen LogP contribution < -0.4 is 0 Å². The average molecular weight is 317 g/mol. The molecule has 20 heavy (non-hydrogen) atoms. The molecule has 1 fully saturated rings. The first kappa shape index (κ1) is 14.1. The van der Waals surface area contributed by atoms with E-state index in [4.69, 9.17) is 27.9 Å². The fraction of sp³-hybridized carbons (Fsp3) is 0.500. The van der Waals surface area contributed by atoms with Crippen molar-refractivity contribution in [2.75, 3.05) is 6.61 Å². The van der Waals surface area contributed by atoms with Gasteiger partial charge in [0.15, 0.2) is 0 Å². The third-order valence-electron chi connectivity index (χ3n) is 3.83. The third kappa shape index (κ3) is 2.30. The maximum atomic E-state index is 13.7.